The van der Waals surface area contributed by atoms with Crippen LogP contribution in [0.15, 0.2) is 90.1 Å². The largest absolute Gasteiger partial charge is 0.325 e. The zero-order valence-corrected chi connectivity index (χ0v) is 17.7. The molecule has 0 radical (unpaired) electrons. The number of aryl methyl sites for hydroxylation is 1. The maximum absolute atomic E-state index is 13.3. The molecule has 1 aliphatic rings. The fourth-order valence-electron chi connectivity index (χ4n) is 3.68. The van der Waals surface area contributed by atoms with Gasteiger partial charge in [-0.3, -0.25) is 4.79 Å². The third kappa shape index (κ3) is 3.92. The van der Waals surface area contributed by atoms with Crippen molar-refractivity contribution in [3.8, 4) is 11.4 Å². The van der Waals surface area contributed by atoms with Crippen molar-refractivity contribution in [3.05, 3.63) is 96.1 Å². The van der Waals surface area contributed by atoms with Crippen LogP contribution in [0.3, 0.4) is 0 Å². The molecule has 7 heteroatoms. The molecule has 0 saturated carbocycles. The average molecular weight is 428 g/mol. The van der Waals surface area contributed by atoms with Gasteiger partial charge < -0.3 is 10.7 Å². The number of rotatable bonds is 4. The molecule has 2 heterocycles. The van der Waals surface area contributed by atoms with E-state index >= 15 is 0 Å². The molecule has 3 aromatic carbocycles. The van der Waals surface area contributed by atoms with Crippen LogP contribution in [0.4, 0.5) is 5.69 Å². The lowest BCUT2D eigenvalue weighted by Gasteiger charge is -2.33. The Bertz CT molecular complexity index is 1210. The van der Waals surface area contributed by atoms with Gasteiger partial charge in [-0.15, -0.1) is 10.2 Å². The first-order valence-electron chi connectivity index (χ1n) is 10.1. The van der Waals surface area contributed by atoms with Gasteiger partial charge in [0, 0.05) is 11.3 Å². The minimum Gasteiger partial charge on any atom is -0.325 e. The van der Waals surface area contributed by atoms with Gasteiger partial charge in [-0.25, -0.2) is 4.68 Å². The molecule has 6 nitrogen and oxygen atoms in total. The number of hydrogen-bond donors (Lipinski definition) is 2. The van der Waals surface area contributed by atoms with Crippen molar-refractivity contribution in [1.82, 2.24) is 14.9 Å². The van der Waals surface area contributed by atoms with Crippen LogP contribution in [0.1, 0.15) is 17.2 Å². The van der Waals surface area contributed by atoms with Crippen LogP contribution in [0.25, 0.3) is 11.4 Å². The van der Waals surface area contributed by atoms with Gasteiger partial charge in [0.1, 0.15) is 5.25 Å². The molecule has 0 spiro atoms. The summed E-state index contributed by atoms with van der Waals surface area (Å²) in [4.78, 5) is 13.3. The smallest absolute Gasteiger partial charge is 0.240 e. The summed E-state index contributed by atoms with van der Waals surface area (Å²) in [7, 11) is 0. The first kappa shape index (κ1) is 19.4. The lowest BCUT2D eigenvalue weighted by Crippen LogP contribution is -2.41. The lowest BCUT2D eigenvalue weighted by molar-refractivity contribution is -0.116. The van der Waals surface area contributed by atoms with E-state index < -0.39 is 5.25 Å². The maximum Gasteiger partial charge on any atom is 0.240 e. The maximum atomic E-state index is 13.3. The number of carbonyl (C=O) groups excluding carboxylic acids is 1. The summed E-state index contributed by atoms with van der Waals surface area (Å²) in [6, 6.07) is 27.5. The van der Waals surface area contributed by atoms with E-state index in [1.165, 1.54) is 11.8 Å². The predicted molar refractivity (Wildman–Crippen MR) is 123 cm³/mol. The molecule has 0 fully saturated rings. The molecule has 4 aromatic rings. The molecule has 31 heavy (non-hydrogen) atoms. The van der Waals surface area contributed by atoms with Gasteiger partial charge in [0.2, 0.25) is 11.1 Å². The van der Waals surface area contributed by atoms with Crippen LogP contribution in [0, 0.1) is 6.92 Å². The van der Waals surface area contributed by atoms with Gasteiger partial charge in [-0.2, -0.15) is 0 Å². The predicted octanol–water partition coefficient (Wildman–Crippen LogP) is 4.65. The van der Waals surface area contributed by atoms with Crippen molar-refractivity contribution in [2.24, 2.45) is 0 Å². The Kier molecular flexibility index (Phi) is 5.18. The number of nitrogens with zero attached hydrogens (tertiary/aromatic N) is 3. The van der Waals surface area contributed by atoms with E-state index in [4.69, 9.17) is 0 Å². The molecule has 2 atom stereocenters. The molecule has 0 unspecified atom stereocenters. The number of anilines is 1. The van der Waals surface area contributed by atoms with Crippen molar-refractivity contribution >= 4 is 23.4 Å². The fraction of sp³-hybridized carbons (Fsp3) is 0.125. The van der Waals surface area contributed by atoms with E-state index in [1.807, 2.05) is 96.5 Å². The number of aromatic nitrogens is 3. The van der Waals surface area contributed by atoms with Crippen LogP contribution >= 0.6 is 11.8 Å². The number of thioether (sulfide) groups is 1. The zero-order chi connectivity index (χ0) is 21.2. The highest BCUT2D eigenvalue weighted by atomic mass is 32.2. The molecule has 1 amide bonds. The zero-order valence-electron chi connectivity index (χ0n) is 16.9. The number of benzene rings is 3. The van der Waals surface area contributed by atoms with Crippen molar-refractivity contribution in [2.45, 2.75) is 23.4 Å². The Morgan fingerprint density at radius 3 is 2.45 bits per heavy atom. The van der Waals surface area contributed by atoms with Crippen LogP contribution < -0.4 is 10.7 Å². The second-order valence-electron chi connectivity index (χ2n) is 7.42. The summed E-state index contributed by atoms with van der Waals surface area (Å²) in [5.74, 6) is 0.647. The summed E-state index contributed by atoms with van der Waals surface area (Å²) in [6.45, 7) is 2.01. The topological polar surface area (TPSA) is 71.8 Å². The van der Waals surface area contributed by atoms with Crippen LogP contribution in [-0.2, 0) is 4.79 Å². The molecule has 1 aliphatic heterocycles. The Balaban J connectivity index is 1.50. The average Bonchev–Trinajstić information content (AvgIpc) is 3.22. The normalized spacial score (nSPS) is 17.5. The minimum atomic E-state index is -0.414. The van der Waals surface area contributed by atoms with Gasteiger partial charge >= 0.3 is 0 Å². The molecule has 1 aromatic heterocycles. The van der Waals surface area contributed by atoms with Crippen molar-refractivity contribution < 1.29 is 4.79 Å². The van der Waals surface area contributed by atoms with E-state index in [0.717, 1.165) is 28.2 Å². The summed E-state index contributed by atoms with van der Waals surface area (Å²) in [6.07, 6.45) is 0. The van der Waals surface area contributed by atoms with Crippen LogP contribution in [0.2, 0.25) is 0 Å². The summed E-state index contributed by atoms with van der Waals surface area (Å²) >= 11 is 1.42. The van der Waals surface area contributed by atoms with Crippen LogP contribution in [0.5, 0.6) is 0 Å². The molecule has 154 valence electrons. The first-order valence-corrected chi connectivity index (χ1v) is 10.9. The highest BCUT2D eigenvalue weighted by Crippen LogP contribution is 2.38. The number of fused-ring (bicyclic) bond motifs is 1. The third-order valence-electron chi connectivity index (χ3n) is 5.17. The van der Waals surface area contributed by atoms with Gasteiger partial charge in [0.05, 0.1) is 6.04 Å². The number of nitrogens with one attached hydrogen (secondary N) is 2. The summed E-state index contributed by atoms with van der Waals surface area (Å²) < 4.78 is 1.88. The van der Waals surface area contributed by atoms with E-state index in [1.54, 1.807) is 0 Å². The molecule has 0 aliphatic carbocycles. The number of amides is 1. The molecular weight excluding hydrogens is 406 g/mol. The number of carbonyl (C=O) groups is 1. The van der Waals surface area contributed by atoms with Gasteiger partial charge in [-0.1, -0.05) is 84.6 Å². The first-order chi connectivity index (χ1) is 15.2. The lowest BCUT2D eigenvalue weighted by atomic mass is 10.0. The third-order valence-corrected chi connectivity index (χ3v) is 6.39. The van der Waals surface area contributed by atoms with Gasteiger partial charge in [-0.05, 0) is 30.2 Å². The standard InChI is InChI=1S/C24H21N5OS/c1-16-9-8-14-19(15-16)25-23(30)21-20(17-10-4-2-5-11-17)28-29-22(26-27-24(29)31-21)18-12-6-3-7-13-18/h2-15,20-21,28H,1H3,(H,25,30)/t20-,21+/m1/s1. The van der Waals surface area contributed by atoms with Crippen molar-refractivity contribution in [2.75, 3.05) is 10.7 Å². The minimum absolute atomic E-state index is 0.0764. The molecular formula is C24H21N5OS. The fourth-order valence-corrected chi connectivity index (χ4v) is 4.76. The van der Waals surface area contributed by atoms with E-state index in [0.29, 0.717) is 5.16 Å². The molecule has 0 bridgehead atoms. The summed E-state index contributed by atoms with van der Waals surface area (Å²) in [5.41, 5.74) is 7.37. The quantitative estimate of drug-likeness (QED) is 0.496. The van der Waals surface area contributed by atoms with Crippen molar-refractivity contribution in [1.29, 1.82) is 0 Å². The highest BCUT2D eigenvalue weighted by molar-refractivity contribution is 8.00. The monoisotopic (exact) mass is 427 g/mol. The Hall–Kier alpha value is -3.58. The van der Waals surface area contributed by atoms with E-state index in [2.05, 4.69) is 20.9 Å². The highest BCUT2D eigenvalue weighted by Gasteiger charge is 2.38. The Morgan fingerprint density at radius 1 is 0.968 bits per heavy atom. The van der Waals surface area contributed by atoms with Crippen LogP contribution in [-0.4, -0.2) is 26.0 Å². The van der Waals surface area contributed by atoms with E-state index in [9.17, 15) is 4.79 Å². The number of hydrogen-bond acceptors (Lipinski definition) is 5. The second-order valence-corrected chi connectivity index (χ2v) is 8.53. The van der Waals surface area contributed by atoms with Gasteiger partial charge in [0.15, 0.2) is 5.82 Å². The molecule has 5 rings (SSSR count). The molecule has 2 N–H and O–H groups in total. The van der Waals surface area contributed by atoms with Crippen molar-refractivity contribution in [3.63, 3.8) is 0 Å². The molecule has 0 saturated heterocycles. The second kappa shape index (κ2) is 8.28. The SMILES string of the molecule is Cc1cccc(NC(=O)[C@H]2Sc3nnc(-c4ccccc4)n3N[C@@H]2c2ccccc2)c1. The summed E-state index contributed by atoms with van der Waals surface area (Å²) in [5, 5.41) is 12.0. The Labute approximate surface area is 184 Å². The van der Waals surface area contributed by atoms with Gasteiger partial charge in [0.25, 0.3) is 0 Å². The van der Waals surface area contributed by atoms with E-state index in [-0.39, 0.29) is 11.9 Å². The Morgan fingerprint density at radius 2 is 1.71 bits per heavy atom.